The zero-order valence-electron chi connectivity index (χ0n) is 14.4. The van der Waals surface area contributed by atoms with Crippen molar-refractivity contribution in [3.05, 3.63) is 16.3 Å². The van der Waals surface area contributed by atoms with E-state index >= 15 is 0 Å². The number of nitro groups is 1. The molecule has 8 nitrogen and oxygen atoms in total. The van der Waals surface area contributed by atoms with Crippen LogP contribution in [0.15, 0.2) is 6.20 Å². The average molecular weight is 334 g/mol. The van der Waals surface area contributed by atoms with Crippen LogP contribution >= 0.6 is 0 Å². The molecule has 0 radical (unpaired) electrons. The van der Waals surface area contributed by atoms with Gasteiger partial charge < -0.3 is 15.5 Å². The van der Waals surface area contributed by atoms with Crippen LogP contribution in [0.4, 0.5) is 17.5 Å². The van der Waals surface area contributed by atoms with Crippen LogP contribution in [0.3, 0.4) is 0 Å². The van der Waals surface area contributed by atoms with Crippen molar-refractivity contribution in [3.8, 4) is 0 Å². The molecule has 0 amide bonds. The van der Waals surface area contributed by atoms with Crippen LogP contribution < -0.4 is 10.6 Å². The molecule has 0 aromatic carbocycles. The van der Waals surface area contributed by atoms with E-state index in [-0.39, 0.29) is 5.69 Å². The Labute approximate surface area is 142 Å². The fourth-order valence-corrected chi connectivity index (χ4v) is 3.06. The summed E-state index contributed by atoms with van der Waals surface area (Å²) in [4.78, 5) is 21.6. The molecule has 1 aliphatic heterocycles. The van der Waals surface area contributed by atoms with Gasteiger partial charge in [0.1, 0.15) is 6.20 Å². The summed E-state index contributed by atoms with van der Waals surface area (Å²) in [5.74, 6) is 1.49. The quantitative estimate of drug-likeness (QED) is 0.584. The summed E-state index contributed by atoms with van der Waals surface area (Å²) in [6, 6.07) is 0.634. The van der Waals surface area contributed by atoms with Crippen molar-refractivity contribution >= 4 is 17.5 Å². The summed E-state index contributed by atoms with van der Waals surface area (Å²) >= 11 is 0. The van der Waals surface area contributed by atoms with Crippen molar-refractivity contribution in [1.29, 1.82) is 0 Å². The second-order valence-electron chi connectivity index (χ2n) is 7.22. The molecule has 0 atom stereocenters. The highest BCUT2D eigenvalue weighted by Gasteiger charge is 2.27. The van der Waals surface area contributed by atoms with E-state index in [9.17, 15) is 10.1 Å². The number of rotatable bonds is 7. The number of piperidine rings is 1. The fraction of sp³-hybridized carbons (Fsp3) is 0.750. The fourth-order valence-electron chi connectivity index (χ4n) is 3.06. The monoisotopic (exact) mass is 334 g/mol. The van der Waals surface area contributed by atoms with E-state index < -0.39 is 4.92 Å². The Bertz CT molecular complexity index is 582. The van der Waals surface area contributed by atoms with E-state index in [0.717, 1.165) is 45.3 Å². The zero-order valence-corrected chi connectivity index (χ0v) is 14.4. The Balaban J connectivity index is 1.60. The van der Waals surface area contributed by atoms with Crippen molar-refractivity contribution < 1.29 is 4.92 Å². The minimum Gasteiger partial charge on any atom is -0.361 e. The molecule has 0 spiro atoms. The molecule has 8 heteroatoms. The molecule has 24 heavy (non-hydrogen) atoms. The molecular weight excluding hydrogens is 308 g/mol. The molecule has 1 aromatic rings. The third-order valence-electron chi connectivity index (χ3n) is 4.43. The molecule has 2 N–H and O–H groups in total. The molecule has 1 aliphatic carbocycles. The summed E-state index contributed by atoms with van der Waals surface area (Å²) in [7, 11) is 0. The molecule has 2 aliphatic rings. The average Bonchev–Trinajstić information content (AvgIpc) is 3.33. The Morgan fingerprint density at radius 1 is 1.25 bits per heavy atom. The predicted octanol–water partition coefficient (Wildman–Crippen LogP) is 2.49. The van der Waals surface area contributed by atoms with Crippen LogP contribution in [-0.4, -0.2) is 51.5 Å². The van der Waals surface area contributed by atoms with E-state index in [0.29, 0.717) is 29.8 Å². The summed E-state index contributed by atoms with van der Waals surface area (Å²) in [6.45, 7) is 7.75. The standard InChI is InChI=1S/C16H26N6O2/c1-11(2)10-21-7-5-13(6-8-21)19-16-17-9-14(22(23)24)15(20-16)18-12-3-4-12/h9,11-13H,3-8,10H2,1-2H3,(H2,17,18,19,20). The van der Waals surface area contributed by atoms with Crippen LogP contribution in [0.5, 0.6) is 0 Å². The first kappa shape index (κ1) is 16.9. The van der Waals surface area contributed by atoms with E-state index in [4.69, 9.17) is 0 Å². The first-order valence-electron chi connectivity index (χ1n) is 8.78. The van der Waals surface area contributed by atoms with Gasteiger partial charge in [0.2, 0.25) is 11.8 Å². The van der Waals surface area contributed by atoms with Crippen molar-refractivity contribution in [2.24, 2.45) is 5.92 Å². The Morgan fingerprint density at radius 2 is 1.92 bits per heavy atom. The van der Waals surface area contributed by atoms with Gasteiger partial charge in [-0.1, -0.05) is 13.8 Å². The number of likely N-dealkylation sites (tertiary alicyclic amines) is 1. The number of nitrogens with one attached hydrogen (secondary N) is 2. The van der Waals surface area contributed by atoms with Gasteiger partial charge >= 0.3 is 5.69 Å². The highest BCUT2D eigenvalue weighted by atomic mass is 16.6. The molecular formula is C16H26N6O2. The van der Waals surface area contributed by atoms with Gasteiger partial charge in [-0.3, -0.25) is 10.1 Å². The van der Waals surface area contributed by atoms with Crippen molar-refractivity contribution in [2.45, 2.75) is 51.6 Å². The second-order valence-corrected chi connectivity index (χ2v) is 7.22. The van der Waals surface area contributed by atoms with Gasteiger partial charge in [0.15, 0.2) is 0 Å². The lowest BCUT2D eigenvalue weighted by Crippen LogP contribution is -2.40. The molecule has 1 saturated heterocycles. The lowest BCUT2D eigenvalue weighted by atomic mass is 10.0. The SMILES string of the molecule is CC(C)CN1CCC(Nc2ncc([N+](=O)[O-])c(NC3CC3)n2)CC1. The first-order chi connectivity index (χ1) is 11.5. The van der Waals surface area contributed by atoms with Crippen molar-refractivity contribution in [2.75, 3.05) is 30.3 Å². The smallest absolute Gasteiger partial charge is 0.329 e. The van der Waals surface area contributed by atoms with Gasteiger partial charge in [0.25, 0.3) is 0 Å². The maximum Gasteiger partial charge on any atom is 0.329 e. The van der Waals surface area contributed by atoms with Gasteiger partial charge in [-0.05, 0) is 31.6 Å². The predicted molar refractivity (Wildman–Crippen MR) is 93.3 cm³/mol. The van der Waals surface area contributed by atoms with Gasteiger partial charge in [-0.25, -0.2) is 4.98 Å². The molecule has 2 fully saturated rings. The molecule has 1 aromatic heterocycles. The van der Waals surface area contributed by atoms with Crippen LogP contribution in [-0.2, 0) is 0 Å². The van der Waals surface area contributed by atoms with Crippen molar-refractivity contribution in [3.63, 3.8) is 0 Å². The van der Waals surface area contributed by atoms with Gasteiger partial charge in [-0.2, -0.15) is 4.98 Å². The topological polar surface area (TPSA) is 96.2 Å². The summed E-state index contributed by atoms with van der Waals surface area (Å²) < 4.78 is 0. The third-order valence-corrected chi connectivity index (χ3v) is 4.43. The highest BCUT2D eigenvalue weighted by Crippen LogP contribution is 2.29. The zero-order chi connectivity index (χ0) is 17.1. The van der Waals surface area contributed by atoms with E-state index in [1.165, 1.54) is 6.20 Å². The van der Waals surface area contributed by atoms with Gasteiger partial charge in [-0.15, -0.1) is 0 Å². The molecule has 0 bridgehead atoms. The maximum atomic E-state index is 11.1. The number of anilines is 2. The van der Waals surface area contributed by atoms with E-state index in [1.807, 2.05) is 0 Å². The van der Waals surface area contributed by atoms with Crippen LogP contribution in [0.25, 0.3) is 0 Å². The lowest BCUT2D eigenvalue weighted by Gasteiger charge is -2.33. The largest absolute Gasteiger partial charge is 0.361 e. The Kier molecular flexibility index (Phi) is 5.13. The Morgan fingerprint density at radius 3 is 2.50 bits per heavy atom. The minimum absolute atomic E-state index is 0.0563. The highest BCUT2D eigenvalue weighted by molar-refractivity contribution is 5.58. The number of aromatic nitrogens is 2. The van der Waals surface area contributed by atoms with Crippen LogP contribution in [0, 0.1) is 16.0 Å². The molecule has 132 valence electrons. The normalized spacial score (nSPS) is 19.5. The summed E-state index contributed by atoms with van der Waals surface area (Å²) in [5.41, 5.74) is -0.0563. The van der Waals surface area contributed by atoms with E-state index in [2.05, 4.69) is 39.3 Å². The van der Waals surface area contributed by atoms with Crippen molar-refractivity contribution in [1.82, 2.24) is 14.9 Å². The first-order valence-corrected chi connectivity index (χ1v) is 8.78. The van der Waals surface area contributed by atoms with Crippen LogP contribution in [0.1, 0.15) is 39.5 Å². The summed E-state index contributed by atoms with van der Waals surface area (Å²) in [6.07, 6.45) is 5.46. The summed E-state index contributed by atoms with van der Waals surface area (Å²) in [5, 5.41) is 17.6. The molecule has 2 heterocycles. The van der Waals surface area contributed by atoms with Gasteiger partial charge in [0, 0.05) is 31.7 Å². The molecule has 3 rings (SSSR count). The molecule has 1 saturated carbocycles. The third kappa shape index (κ3) is 4.53. The molecule has 0 unspecified atom stereocenters. The number of hydrogen-bond donors (Lipinski definition) is 2. The van der Waals surface area contributed by atoms with Gasteiger partial charge in [0.05, 0.1) is 4.92 Å². The lowest BCUT2D eigenvalue weighted by molar-refractivity contribution is -0.384. The minimum atomic E-state index is -0.432. The maximum absolute atomic E-state index is 11.1. The second kappa shape index (κ2) is 7.29. The van der Waals surface area contributed by atoms with Crippen LogP contribution in [0.2, 0.25) is 0 Å². The number of hydrogen-bond acceptors (Lipinski definition) is 7. The Hall–Kier alpha value is -1.96. The number of nitrogens with zero attached hydrogens (tertiary/aromatic N) is 4. The van der Waals surface area contributed by atoms with E-state index in [1.54, 1.807) is 0 Å².